The average molecular weight is 311 g/mol. The molecule has 1 heterocycles. The maximum Gasteiger partial charge on any atom is 0.0587 e. The van der Waals surface area contributed by atoms with Gasteiger partial charge in [0.2, 0.25) is 0 Å². The highest BCUT2D eigenvalue weighted by Gasteiger charge is 2.02. The zero-order chi connectivity index (χ0) is 12.8. The first kappa shape index (κ1) is 13.6. The zero-order valence-corrected chi connectivity index (χ0v) is 12.2. The number of hydrogen-bond acceptors (Lipinski definition) is 2. The molecule has 2 aromatic rings. The number of ether oxygens (including phenoxy) is 1. The minimum Gasteiger partial charge on any atom is -0.383 e. The van der Waals surface area contributed by atoms with E-state index in [2.05, 4.69) is 56.3 Å². The molecule has 1 aromatic heterocycles. The van der Waals surface area contributed by atoms with Gasteiger partial charge in [-0.3, -0.25) is 0 Å². The lowest BCUT2D eigenvalue weighted by Crippen LogP contribution is -2.21. The van der Waals surface area contributed by atoms with E-state index in [1.54, 1.807) is 7.11 Å². The Morgan fingerprint density at radius 1 is 1.28 bits per heavy atom. The molecular formula is C14H19BrN2O. The molecule has 0 bridgehead atoms. The first-order valence-electron chi connectivity index (χ1n) is 6.26. The summed E-state index contributed by atoms with van der Waals surface area (Å²) in [6.45, 7) is 3.77. The fourth-order valence-electron chi connectivity index (χ4n) is 2.05. The first-order valence-corrected chi connectivity index (χ1v) is 7.05. The summed E-state index contributed by atoms with van der Waals surface area (Å²) >= 11 is 3.58. The van der Waals surface area contributed by atoms with Crippen LogP contribution in [0, 0.1) is 0 Å². The van der Waals surface area contributed by atoms with Crippen molar-refractivity contribution in [3.05, 3.63) is 34.9 Å². The number of nitrogens with zero attached hydrogens (tertiary/aromatic N) is 1. The molecule has 2 rings (SSSR count). The van der Waals surface area contributed by atoms with Crippen molar-refractivity contribution < 1.29 is 4.74 Å². The fourth-order valence-corrected chi connectivity index (χ4v) is 2.54. The smallest absolute Gasteiger partial charge is 0.0587 e. The second-order valence-corrected chi connectivity index (χ2v) is 5.13. The Morgan fingerprint density at radius 3 is 3.00 bits per heavy atom. The van der Waals surface area contributed by atoms with E-state index in [1.807, 2.05) is 0 Å². The van der Waals surface area contributed by atoms with Crippen LogP contribution in [0.15, 0.2) is 34.9 Å². The van der Waals surface area contributed by atoms with Gasteiger partial charge in [-0.05, 0) is 31.2 Å². The number of rotatable bonds is 7. The SMILES string of the molecule is COCCNCCCn1ccc2c(Br)cccc21. The van der Waals surface area contributed by atoms with Gasteiger partial charge in [0.15, 0.2) is 0 Å². The van der Waals surface area contributed by atoms with Crippen LogP contribution in [-0.4, -0.2) is 31.4 Å². The molecule has 0 atom stereocenters. The van der Waals surface area contributed by atoms with Crippen LogP contribution in [0.4, 0.5) is 0 Å². The Hall–Kier alpha value is -0.840. The second kappa shape index (κ2) is 6.92. The van der Waals surface area contributed by atoms with Crippen molar-refractivity contribution in [2.24, 2.45) is 0 Å². The van der Waals surface area contributed by atoms with E-state index in [-0.39, 0.29) is 0 Å². The van der Waals surface area contributed by atoms with Crippen molar-refractivity contribution in [3.8, 4) is 0 Å². The van der Waals surface area contributed by atoms with Crippen LogP contribution in [0.25, 0.3) is 10.9 Å². The van der Waals surface area contributed by atoms with Gasteiger partial charge in [0, 0.05) is 41.8 Å². The third-order valence-corrected chi connectivity index (χ3v) is 3.69. The first-order chi connectivity index (χ1) is 8.83. The lowest BCUT2D eigenvalue weighted by atomic mass is 10.2. The molecule has 1 N–H and O–H groups in total. The summed E-state index contributed by atoms with van der Waals surface area (Å²) in [5.74, 6) is 0. The molecule has 98 valence electrons. The van der Waals surface area contributed by atoms with Gasteiger partial charge in [0.05, 0.1) is 6.61 Å². The number of aromatic nitrogens is 1. The minimum absolute atomic E-state index is 0.777. The maximum atomic E-state index is 4.99. The third-order valence-electron chi connectivity index (χ3n) is 3.00. The lowest BCUT2D eigenvalue weighted by Gasteiger charge is -2.07. The predicted octanol–water partition coefficient (Wildman–Crippen LogP) is 3.03. The van der Waals surface area contributed by atoms with Gasteiger partial charge < -0.3 is 14.6 Å². The topological polar surface area (TPSA) is 26.2 Å². The normalized spacial score (nSPS) is 11.2. The molecule has 0 aliphatic rings. The van der Waals surface area contributed by atoms with Crippen molar-refractivity contribution in [1.82, 2.24) is 9.88 Å². The lowest BCUT2D eigenvalue weighted by molar-refractivity contribution is 0.199. The zero-order valence-electron chi connectivity index (χ0n) is 10.7. The molecule has 0 spiro atoms. The Balaban J connectivity index is 1.86. The number of nitrogens with one attached hydrogen (secondary N) is 1. The number of methoxy groups -OCH3 is 1. The van der Waals surface area contributed by atoms with E-state index < -0.39 is 0 Å². The molecule has 0 unspecified atom stereocenters. The predicted molar refractivity (Wildman–Crippen MR) is 79.0 cm³/mol. The molecular weight excluding hydrogens is 292 g/mol. The molecule has 0 aliphatic carbocycles. The van der Waals surface area contributed by atoms with E-state index in [0.717, 1.165) is 37.1 Å². The summed E-state index contributed by atoms with van der Waals surface area (Å²) in [6.07, 6.45) is 3.28. The number of halogens is 1. The molecule has 0 fully saturated rings. The standard InChI is InChI=1S/C14H19BrN2O/c1-18-11-8-16-7-3-9-17-10-6-12-13(15)4-2-5-14(12)17/h2,4-6,10,16H,3,7-9,11H2,1H3. The van der Waals surface area contributed by atoms with Gasteiger partial charge in [0.25, 0.3) is 0 Å². The van der Waals surface area contributed by atoms with Gasteiger partial charge >= 0.3 is 0 Å². The van der Waals surface area contributed by atoms with Crippen LogP contribution < -0.4 is 5.32 Å². The molecule has 0 aliphatic heterocycles. The molecule has 0 saturated carbocycles. The summed E-state index contributed by atoms with van der Waals surface area (Å²) in [5, 5.41) is 4.64. The van der Waals surface area contributed by atoms with Crippen molar-refractivity contribution in [2.75, 3.05) is 26.8 Å². The van der Waals surface area contributed by atoms with E-state index in [9.17, 15) is 0 Å². The highest BCUT2D eigenvalue weighted by atomic mass is 79.9. The van der Waals surface area contributed by atoms with Crippen LogP contribution >= 0.6 is 15.9 Å². The maximum absolute atomic E-state index is 4.99. The largest absolute Gasteiger partial charge is 0.383 e. The monoisotopic (exact) mass is 310 g/mol. The molecule has 3 nitrogen and oxygen atoms in total. The summed E-state index contributed by atoms with van der Waals surface area (Å²) < 4.78 is 8.46. The molecule has 0 radical (unpaired) electrons. The summed E-state index contributed by atoms with van der Waals surface area (Å²) in [5.41, 5.74) is 1.29. The average Bonchev–Trinajstić information content (AvgIpc) is 2.79. The summed E-state index contributed by atoms with van der Waals surface area (Å²) in [4.78, 5) is 0. The van der Waals surface area contributed by atoms with Crippen LogP contribution in [0.1, 0.15) is 6.42 Å². The number of hydrogen-bond donors (Lipinski definition) is 1. The van der Waals surface area contributed by atoms with Crippen molar-refractivity contribution in [3.63, 3.8) is 0 Å². The van der Waals surface area contributed by atoms with Crippen molar-refractivity contribution >= 4 is 26.8 Å². The highest BCUT2D eigenvalue weighted by molar-refractivity contribution is 9.10. The van der Waals surface area contributed by atoms with E-state index in [0.29, 0.717) is 0 Å². The Kier molecular flexibility index (Phi) is 5.23. The van der Waals surface area contributed by atoms with E-state index >= 15 is 0 Å². The third kappa shape index (κ3) is 3.34. The number of aryl methyl sites for hydroxylation is 1. The van der Waals surface area contributed by atoms with Crippen LogP contribution in [0.2, 0.25) is 0 Å². The Bertz CT molecular complexity index is 495. The van der Waals surface area contributed by atoms with Gasteiger partial charge in [0.1, 0.15) is 0 Å². The number of benzene rings is 1. The molecule has 0 saturated heterocycles. The van der Waals surface area contributed by atoms with Gasteiger partial charge in [-0.1, -0.05) is 22.0 Å². The molecule has 0 amide bonds. The van der Waals surface area contributed by atoms with Crippen LogP contribution in [0.5, 0.6) is 0 Å². The van der Waals surface area contributed by atoms with E-state index in [4.69, 9.17) is 4.74 Å². The summed E-state index contributed by atoms with van der Waals surface area (Å²) in [6, 6.07) is 8.49. The van der Waals surface area contributed by atoms with E-state index in [1.165, 1.54) is 10.9 Å². The number of fused-ring (bicyclic) bond motifs is 1. The van der Waals surface area contributed by atoms with Gasteiger partial charge in [-0.2, -0.15) is 0 Å². The molecule has 1 aromatic carbocycles. The van der Waals surface area contributed by atoms with Crippen LogP contribution in [0.3, 0.4) is 0 Å². The quantitative estimate of drug-likeness (QED) is 0.796. The second-order valence-electron chi connectivity index (χ2n) is 4.28. The van der Waals surface area contributed by atoms with Crippen molar-refractivity contribution in [1.29, 1.82) is 0 Å². The Labute approximate surface area is 116 Å². The molecule has 18 heavy (non-hydrogen) atoms. The van der Waals surface area contributed by atoms with Crippen LogP contribution in [-0.2, 0) is 11.3 Å². The Morgan fingerprint density at radius 2 is 2.17 bits per heavy atom. The van der Waals surface area contributed by atoms with Gasteiger partial charge in [-0.15, -0.1) is 0 Å². The highest BCUT2D eigenvalue weighted by Crippen LogP contribution is 2.24. The molecule has 4 heteroatoms. The minimum atomic E-state index is 0.777. The van der Waals surface area contributed by atoms with Crippen molar-refractivity contribution in [2.45, 2.75) is 13.0 Å². The fraction of sp³-hybridized carbons (Fsp3) is 0.429. The summed E-state index contributed by atoms with van der Waals surface area (Å²) in [7, 11) is 1.73. The van der Waals surface area contributed by atoms with Gasteiger partial charge in [-0.25, -0.2) is 0 Å².